The molecule has 0 radical (unpaired) electrons. The molecule has 3 nitrogen and oxygen atoms in total. The number of ether oxygens (including phenoxy) is 1. The number of hydrogen-bond donors (Lipinski definition) is 1. The Balaban J connectivity index is 2.56. The molecule has 0 amide bonds. The Morgan fingerprint density at radius 2 is 2.06 bits per heavy atom. The maximum absolute atomic E-state index is 11.1. The Labute approximate surface area is 105 Å². The monoisotopic (exact) mass is 241 g/mol. The average molecular weight is 241 g/mol. The lowest BCUT2D eigenvalue weighted by Gasteiger charge is -2.43. The van der Waals surface area contributed by atoms with Crippen molar-refractivity contribution in [3.63, 3.8) is 0 Å². The van der Waals surface area contributed by atoms with Crippen LogP contribution in [0.1, 0.15) is 47.0 Å². The van der Waals surface area contributed by atoms with Gasteiger partial charge in [-0.2, -0.15) is 0 Å². The molecular weight excluding hydrogens is 214 g/mol. The number of carbonyl (C=O) groups is 1. The Morgan fingerprint density at radius 1 is 1.41 bits per heavy atom. The molecule has 0 heterocycles. The van der Waals surface area contributed by atoms with Crippen molar-refractivity contribution >= 4 is 5.78 Å². The summed E-state index contributed by atoms with van der Waals surface area (Å²) in [5.74, 6) is 1.47. The van der Waals surface area contributed by atoms with Crippen LogP contribution in [0.25, 0.3) is 0 Å². The van der Waals surface area contributed by atoms with E-state index in [1.54, 1.807) is 14.0 Å². The van der Waals surface area contributed by atoms with E-state index in [0.29, 0.717) is 24.5 Å². The first-order chi connectivity index (χ1) is 7.86. The van der Waals surface area contributed by atoms with Crippen LogP contribution in [0.15, 0.2) is 0 Å². The van der Waals surface area contributed by atoms with Crippen LogP contribution < -0.4 is 5.32 Å². The van der Waals surface area contributed by atoms with Gasteiger partial charge in [0.1, 0.15) is 5.78 Å². The molecule has 0 bridgehead atoms. The summed E-state index contributed by atoms with van der Waals surface area (Å²) in [5.41, 5.74) is 0.0315. The van der Waals surface area contributed by atoms with E-state index in [-0.39, 0.29) is 11.3 Å². The van der Waals surface area contributed by atoms with E-state index in [2.05, 4.69) is 26.1 Å². The second kappa shape index (κ2) is 5.96. The molecule has 1 saturated carbocycles. The van der Waals surface area contributed by atoms with Gasteiger partial charge in [-0.3, -0.25) is 4.79 Å². The lowest BCUT2D eigenvalue weighted by molar-refractivity contribution is -0.116. The minimum Gasteiger partial charge on any atom is -0.381 e. The molecule has 1 aliphatic carbocycles. The van der Waals surface area contributed by atoms with E-state index < -0.39 is 0 Å². The molecule has 0 aliphatic heterocycles. The molecule has 0 aromatic heterocycles. The van der Waals surface area contributed by atoms with Crippen LogP contribution in [0.4, 0.5) is 0 Å². The van der Waals surface area contributed by atoms with Gasteiger partial charge in [-0.25, -0.2) is 0 Å². The molecule has 0 saturated heterocycles. The fourth-order valence-corrected chi connectivity index (χ4v) is 3.12. The van der Waals surface area contributed by atoms with E-state index >= 15 is 0 Å². The molecule has 1 aliphatic rings. The number of hydrogen-bond acceptors (Lipinski definition) is 3. The van der Waals surface area contributed by atoms with Crippen LogP contribution in [0.3, 0.4) is 0 Å². The van der Waals surface area contributed by atoms with Crippen LogP contribution in [0.2, 0.25) is 0 Å². The maximum Gasteiger partial charge on any atom is 0.143 e. The van der Waals surface area contributed by atoms with Gasteiger partial charge in [0.15, 0.2) is 0 Å². The first kappa shape index (κ1) is 14.7. The molecule has 17 heavy (non-hydrogen) atoms. The van der Waals surface area contributed by atoms with Crippen molar-refractivity contribution in [2.45, 2.75) is 58.6 Å². The molecular formula is C14H27NO2. The number of methoxy groups -OCH3 is 1. The molecule has 0 aromatic rings. The molecule has 0 spiro atoms. The minimum atomic E-state index is 0.0315. The van der Waals surface area contributed by atoms with E-state index in [9.17, 15) is 4.79 Å². The van der Waals surface area contributed by atoms with Gasteiger partial charge in [0.05, 0.1) is 12.6 Å². The largest absolute Gasteiger partial charge is 0.381 e. The first-order valence-electron chi connectivity index (χ1n) is 6.64. The zero-order valence-electron chi connectivity index (χ0n) is 11.9. The molecule has 0 aromatic carbocycles. The minimum absolute atomic E-state index is 0.0315. The van der Waals surface area contributed by atoms with Gasteiger partial charge in [-0.15, -0.1) is 0 Å². The van der Waals surface area contributed by atoms with Crippen molar-refractivity contribution in [3.05, 3.63) is 0 Å². The third-order valence-corrected chi connectivity index (χ3v) is 4.17. The van der Waals surface area contributed by atoms with Gasteiger partial charge < -0.3 is 10.1 Å². The zero-order chi connectivity index (χ0) is 13.1. The van der Waals surface area contributed by atoms with Crippen molar-refractivity contribution in [2.75, 3.05) is 13.7 Å². The van der Waals surface area contributed by atoms with Crippen molar-refractivity contribution in [1.29, 1.82) is 0 Å². The van der Waals surface area contributed by atoms with E-state index in [0.717, 1.165) is 12.8 Å². The first-order valence-corrected chi connectivity index (χ1v) is 6.64. The lowest BCUT2D eigenvalue weighted by Crippen LogP contribution is -2.51. The van der Waals surface area contributed by atoms with Crippen LogP contribution in [-0.2, 0) is 9.53 Å². The third-order valence-electron chi connectivity index (χ3n) is 4.17. The summed E-state index contributed by atoms with van der Waals surface area (Å²) in [5, 5.41) is 3.40. The highest BCUT2D eigenvalue weighted by molar-refractivity contribution is 5.77. The van der Waals surface area contributed by atoms with Gasteiger partial charge in [-0.1, -0.05) is 6.92 Å². The summed E-state index contributed by atoms with van der Waals surface area (Å²) < 4.78 is 5.45. The van der Waals surface area contributed by atoms with Crippen molar-refractivity contribution in [2.24, 2.45) is 11.8 Å². The number of nitrogens with one attached hydrogen (secondary N) is 1. The molecule has 3 atom stereocenters. The Hall–Kier alpha value is -0.410. The molecule has 100 valence electrons. The van der Waals surface area contributed by atoms with Crippen LogP contribution in [0, 0.1) is 11.8 Å². The van der Waals surface area contributed by atoms with Crippen molar-refractivity contribution < 1.29 is 9.53 Å². The molecule has 0 unspecified atom stereocenters. The highest BCUT2D eigenvalue weighted by Gasteiger charge is 2.37. The maximum atomic E-state index is 11.1. The van der Waals surface area contributed by atoms with Gasteiger partial charge in [0, 0.05) is 12.6 Å². The zero-order valence-corrected chi connectivity index (χ0v) is 11.9. The number of rotatable bonds is 5. The fraction of sp³-hybridized carbons (Fsp3) is 0.929. The van der Waals surface area contributed by atoms with E-state index in [1.807, 2.05) is 0 Å². The topological polar surface area (TPSA) is 38.3 Å². The quantitative estimate of drug-likeness (QED) is 0.803. The summed E-state index contributed by atoms with van der Waals surface area (Å²) in [7, 11) is 1.80. The highest BCUT2D eigenvalue weighted by atomic mass is 16.5. The molecule has 1 rings (SSSR count). The van der Waals surface area contributed by atoms with E-state index in [4.69, 9.17) is 4.74 Å². The van der Waals surface area contributed by atoms with Crippen molar-refractivity contribution in [1.82, 2.24) is 5.32 Å². The summed E-state index contributed by atoms with van der Waals surface area (Å²) in [6, 6.07) is 0. The Morgan fingerprint density at radius 3 is 2.53 bits per heavy atom. The third kappa shape index (κ3) is 4.07. The number of Topliss-reactive ketones (excluding diaryl/α,β-unsaturated/α-hetero) is 1. The van der Waals surface area contributed by atoms with Gasteiger partial charge >= 0.3 is 0 Å². The number of carbonyl (C=O) groups excluding carboxylic acids is 1. The second-order valence-corrected chi connectivity index (χ2v) is 6.03. The van der Waals surface area contributed by atoms with Gasteiger partial charge in [-0.05, 0) is 51.9 Å². The predicted molar refractivity (Wildman–Crippen MR) is 70.1 cm³/mol. The number of ketones is 1. The summed E-state index contributed by atoms with van der Waals surface area (Å²) >= 11 is 0. The predicted octanol–water partition coefficient (Wildman–Crippen LogP) is 2.39. The summed E-state index contributed by atoms with van der Waals surface area (Å²) in [6.45, 7) is 8.83. The smallest absolute Gasteiger partial charge is 0.143 e. The average Bonchev–Trinajstić information content (AvgIpc) is 2.26. The molecule has 1 fully saturated rings. The van der Waals surface area contributed by atoms with Gasteiger partial charge in [0.25, 0.3) is 0 Å². The van der Waals surface area contributed by atoms with E-state index in [1.165, 1.54) is 6.42 Å². The van der Waals surface area contributed by atoms with Crippen molar-refractivity contribution in [3.8, 4) is 0 Å². The van der Waals surface area contributed by atoms with Crippen LogP contribution in [0.5, 0.6) is 0 Å². The van der Waals surface area contributed by atoms with Crippen LogP contribution in [-0.4, -0.2) is 31.1 Å². The normalized spacial score (nSPS) is 30.3. The van der Waals surface area contributed by atoms with Gasteiger partial charge in [0.2, 0.25) is 0 Å². The Kier molecular flexibility index (Phi) is 5.14. The molecule has 3 heteroatoms. The highest BCUT2D eigenvalue weighted by Crippen LogP contribution is 2.37. The second-order valence-electron chi connectivity index (χ2n) is 6.03. The standard InChI is InChI=1S/C14H27NO2/c1-10-8-12(17-5)6-7-13(10)14(3,4)15-9-11(2)16/h10,12-13,15H,6-9H2,1-5H3/t10-,12-,13-/m1/s1. The lowest BCUT2D eigenvalue weighted by atomic mass is 9.69. The summed E-state index contributed by atoms with van der Waals surface area (Å²) in [6.07, 6.45) is 3.87. The Bertz CT molecular complexity index is 263. The molecule has 1 N–H and O–H groups in total. The summed E-state index contributed by atoms with van der Waals surface area (Å²) in [4.78, 5) is 11.1. The van der Waals surface area contributed by atoms with Crippen LogP contribution >= 0.6 is 0 Å². The SMILES string of the molecule is CO[C@@H]1CC[C@@H](C(C)(C)NCC(C)=O)[C@H](C)C1. The fourth-order valence-electron chi connectivity index (χ4n) is 3.12.